The van der Waals surface area contributed by atoms with Crippen LogP contribution in [0, 0.1) is 11.8 Å². The molecule has 2 unspecified atom stereocenters. The molecule has 2 nitrogen and oxygen atoms in total. The van der Waals surface area contributed by atoms with Gasteiger partial charge in [0.05, 0.1) is 11.4 Å². The highest BCUT2D eigenvalue weighted by Crippen LogP contribution is 2.52. The van der Waals surface area contributed by atoms with E-state index in [-0.39, 0.29) is 0 Å². The maximum Gasteiger partial charge on any atom is 0.0540 e. The summed E-state index contributed by atoms with van der Waals surface area (Å²) in [7, 11) is 0. The largest absolute Gasteiger partial charge is 0.313 e. The number of benzene rings is 6. The molecule has 0 aliphatic heterocycles. The molecule has 2 heteroatoms. The van der Waals surface area contributed by atoms with Crippen molar-refractivity contribution in [1.82, 2.24) is 0 Å². The van der Waals surface area contributed by atoms with Crippen molar-refractivity contribution in [3.8, 4) is 0 Å². The van der Waals surface area contributed by atoms with Gasteiger partial charge in [0.15, 0.2) is 0 Å². The van der Waals surface area contributed by atoms with Crippen LogP contribution in [0.5, 0.6) is 0 Å². The summed E-state index contributed by atoms with van der Waals surface area (Å²) in [6, 6.07) is 50.5. The second kappa shape index (κ2) is 12.1. The number of fused-ring (bicyclic) bond motifs is 3. The minimum absolute atomic E-state index is 0.584. The standard InChI is InChI=1S/C46H36N2/c1-2-18-38(19-3-1)47(44-23-9-15-35-12-4-6-21-41(35)44)39-20-8-14-33(26-29-39)34-27-30-40(31-28-34)48(46-25-11-17-37-32-43(37)46)45-24-10-16-36-13-5-7-22-42(36)45/h1-13,15-31,37,43H,14,32H2. The SMILES string of the molecule is C1=CC2CC2C(N(c2ccc(C3=CC=C(N(c4ccccc4)c4cccc5ccccc45)C=CC3)cc2)c2cccc3ccccc23)=C1. The normalized spacial score (nSPS) is 18.0. The van der Waals surface area contributed by atoms with Gasteiger partial charge in [-0.25, -0.2) is 0 Å². The molecule has 3 aliphatic carbocycles. The molecule has 0 bridgehead atoms. The van der Waals surface area contributed by atoms with E-state index in [0.29, 0.717) is 11.8 Å². The van der Waals surface area contributed by atoms with E-state index < -0.39 is 0 Å². The fourth-order valence-electron chi connectivity index (χ4n) is 7.47. The number of anilines is 4. The van der Waals surface area contributed by atoms with Crippen molar-refractivity contribution < 1.29 is 0 Å². The fraction of sp³-hybridized carbons (Fsp3) is 0.0870. The van der Waals surface area contributed by atoms with Crippen molar-refractivity contribution in [2.24, 2.45) is 11.8 Å². The van der Waals surface area contributed by atoms with Gasteiger partial charge in [-0.05, 0) is 95.3 Å². The monoisotopic (exact) mass is 616 g/mol. The number of para-hydroxylation sites is 1. The first-order chi connectivity index (χ1) is 23.8. The highest BCUT2D eigenvalue weighted by Gasteiger charge is 2.42. The molecule has 0 heterocycles. The van der Waals surface area contributed by atoms with Gasteiger partial charge in [0.25, 0.3) is 0 Å². The number of hydrogen-bond acceptors (Lipinski definition) is 2. The Kier molecular flexibility index (Phi) is 7.13. The topological polar surface area (TPSA) is 6.48 Å². The van der Waals surface area contributed by atoms with Crippen LogP contribution in [0.15, 0.2) is 193 Å². The Morgan fingerprint density at radius 3 is 1.88 bits per heavy atom. The van der Waals surface area contributed by atoms with Crippen LogP contribution in [0.25, 0.3) is 27.1 Å². The molecule has 2 atom stereocenters. The van der Waals surface area contributed by atoms with Crippen molar-refractivity contribution in [2.75, 3.05) is 9.80 Å². The van der Waals surface area contributed by atoms with Gasteiger partial charge >= 0.3 is 0 Å². The smallest absolute Gasteiger partial charge is 0.0540 e. The third-order valence-corrected chi connectivity index (χ3v) is 9.97. The average molecular weight is 617 g/mol. The predicted molar refractivity (Wildman–Crippen MR) is 204 cm³/mol. The molecule has 0 radical (unpaired) electrons. The second-order valence-electron chi connectivity index (χ2n) is 12.9. The Morgan fingerprint density at radius 2 is 1.15 bits per heavy atom. The molecular weight excluding hydrogens is 581 g/mol. The summed E-state index contributed by atoms with van der Waals surface area (Å²) in [4.78, 5) is 4.88. The van der Waals surface area contributed by atoms with Gasteiger partial charge in [-0.15, -0.1) is 0 Å². The van der Waals surface area contributed by atoms with E-state index in [4.69, 9.17) is 0 Å². The summed E-state index contributed by atoms with van der Waals surface area (Å²) < 4.78 is 0. The van der Waals surface area contributed by atoms with E-state index in [1.165, 1.54) is 61.9 Å². The summed E-state index contributed by atoms with van der Waals surface area (Å²) in [5.74, 6) is 1.25. The molecule has 0 N–H and O–H groups in total. The van der Waals surface area contributed by atoms with Crippen molar-refractivity contribution in [3.63, 3.8) is 0 Å². The van der Waals surface area contributed by atoms with Gasteiger partial charge in [-0.2, -0.15) is 0 Å². The lowest BCUT2D eigenvalue weighted by Crippen LogP contribution is -2.19. The highest BCUT2D eigenvalue weighted by atomic mass is 15.2. The molecular formula is C46H36N2. The number of allylic oxidation sites excluding steroid dienone is 9. The minimum Gasteiger partial charge on any atom is -0.313 e. The van der Waals surface area contributed by atoms with Gasteiger partial charge in [0.2, 0.25) is 0 Å². The van der Waals surface area contributed by atoms with Crippen molar-refractivity contribution in [2.45, 2.75) is 12.8 Å². The first-order valence-corrected chi connectivity index (χ1v) is 17.0. The highest BCUT2D eigenvalue weighted by molar-refractivity contribution is 5.98. The van der Waals surface area contributed by atoms with E-state index in [2.05, 4.69) is 192 Å². The van der Waals surface area contributed by atoms with Crippen LogP contribution in [-0.4, -0.2) is 0 Å². The Morgan fingerprint density at radius 1 is 0.521 bits per heavy atom. The number of hydrogen-bond donors (Lipinski definition) is 0. The molecule has 9 rings (SSSR count). The summed E-state index contributed by atoms with van der Waals surface area (Å²) in [5.41, 5.74) is 9.85. The summed E-state index contributed by atoms with van der Waals surface area (Å²) in [5, 5.41) is 5.02. The van der Waals surface area contributed by atoms with Crippen molar-refractivity contribution in [3.05, 3.63) is 199 Å². The third-order valence-electron chi connectivity index (χ3n) is 9.97. The van der Waals surface area contributed by atoms with Crippen LogP contribution in [0.1, 0.15) is 18.4 Å². The minimum atomic E-state index is 0.584. The molecule has 6 aromatic rings. The van der Waals surface area contributed by atoms with Crippen molar-refractivity contribution >= 4 is 49.9 Å². The fourth-order valence-corrected chi connectivity index (χ4v) is 7.47. The Balaban J connectivity index is 1.09. The summed E-state index contributed by atoms with van der Waals surface area (Å²) in [6.07, 6.45) is 18.2. The maximum atomic E-state index is 2.50. The molecule has 0 spiro atoms. The maximum absolute atomic E-state index is 2.50. The van der Waals surface area contributed by atoms with Crippen LogP contribution >= 0.6 is 0 Å². The molecule has 0 aromatic heterocycles. The van der Waals surface area contributed by atoms with Crippen LogP contribution in [0.4, 0.5) is 22.7 Å². The summed E-state index contributed by atoms with van der Waals surface area (Å²) >= 11 is 0. The molecule has 0 saturated heterocycles. The van der Waals surface area contributed by atoms with Crippen LogP contribution in [0.3, 0.4) is 0 Å². The quantitative estimate of drug-likeness (QED) is 0.176. The van der Waals surface area contributed by atoms with E-state index in [9.17, 15) is 0 Å². The zero-order valence-corrected chi connectivity index (χ0v) is 26.8. The Bertz CT molecular complexity index is 2290. The van der Waals surface area contributed by atoms with E-state index >= 15 is 0 Å². The van der Waals surface area contributed by atoms with Gasteiger partial charge in [0, 0.05) is 39.5 Å². The Labute approximate surface area is 282 Å². The zero-order chi connectivity index (χ0) is 31.9. The summed E-state index contributed by atoms with van der Waals surface area (Å²) in [6.45, 7) is 0. The lowest BCUT2D eigenvalue weighted by atomic mass is 10.0. The second-order valence-corrected chi connectivity index (χ2v) is 12.9. The number of rotatable bonds is 7. The van der Waals surface area contributed by atoms with Gasteiger partial charge < -0.3 is 9.80 Å². The average Bonchev–Trinajstić information content (AvgIpc) is 3.98. The lowest BCUT2D eigenvalue weighted by molar-refractivity contribution is 0.872. The van der Waals surface area contributed by atoms with Crippen LogP contribution < -0.4 is 9.80 Å². The van der Waals surface area contributed by atoms with Gasteiger partial charge in [0.1, 0.15) is 0 Å². The van der Waals surface area contributed by atoms with Crippen LogP contribution in [-0.2, 0) is 0 Å². The zero-order valence-electron chi connectivity index (χ0n) is 26.8. The van der Waals surface area contributed by atoms with Crippen LogP contribution in [0.2, 0.25) is 0 Å². The first kappa shape index (κ1) is 28.4. The van der Waals surface area contributed by atoms with E-state index in [1.807, 2.05) is 0 Å². The molecule has 1 fully saturated rings. The first-order valence-electron chi connectivity index (χ1n) is 17.0. The van der Waals surface area contributed by atoms with E-state index in [1.54, 1.807) is 0 Å². The van der Waals surface area contributed by atoms with Crippen molar-refractivity contribution in [1.29, 1.82) is 0 Å². The predicted octanol–water partition coefficient (Wildman–Crippen LogP) is 12.3. The Hall–Kier alpha value is -5.86. The molecule has 0 amide bonds. The molecule has 3 aliphatic rings. The third kappa shape index (κ3) is 5.16. The number of nitrogens with zero attached hydrogens (tertiary/aromatic N) is 2. The van der Waals surface area contributed by atoms with Gasteiger partial charge in [-0.3, -0.25) is 0 Å². The lowest BCUT2D eigenvalue weighted by Gasteiger charge is -2.30. The molecule has 1 saturated carbocycles. The molecule has 48 heavy (non-hydrogen) atoms. The molecule has 230 valence electrons. The molecule has 6 aromatic carbocycles. The van der Waals surface area contributed by atoms with Gasteiger partial charge in [-0.1, -0.05) is 127 Å². The van der Waals surface area contributed by atoms with E-state index in [0.717, 1.165) is 17.8 Å².